The van der Waals surface area contributed by atoms with Crippen LogP contribution in [0.5, 0.6) is 0 Å². The molecule has 5 N–H and O–H groups in total. The first-order valence-corrected chi connectivity index (χ1v) is 30.0. The van der Waals surface area contributed by atoms with Crippen LogP contribution in [0, 0.1) is 80.8 Å². The van der Waals surface area contributed by atoms with Crippen molar-refractivity contribution in [3.8, 4) is 0 Å². The molecule has 0 bridgehead atoms. The second-order valence-corrected chi connectivity index (χ2v) is 28.7. The van der Waals surface area contributed by atoms with Crippen molar-refractivity contribution in [2.24, 2.45) is 80.8 Å². The van der Waals surface area contributed by atoms with Gasteiger partial charge < -0.3 is 25.5 Å². The molecule has 6 saturated carbocycles. The van der Waals surface area contributed by atoms with E-state index in [1.807, 2.05) is 26.0 Å². The summed E-state index contributed by atoms with van der Waals surface area (Å²) in [6.07, 6.45) is -13.9. The molecule has 460 valence electrons. The number of benzene rings is 1. The third-order valence-electron chi connectivity index (χ3n) is 23.0. The number of sulfone groups is 1. The molecule has 8 aliphatic carbocycles. The van der Waals surface area contributed by atoms with Gasteiger partial charge in [0.25, 0.3) is 0 Å². The van der Waals surface area contributed by atoms with Crippen LogP contribution < -0.4 is 0 Å². The van der Waals surface area contributed by atoms with Gasteiger partial charge in [0.2, 0.25) is 0 Å². The van der Waals surface area contributed by atoms with E-state index in [9.17, 15) is 81.5 Å². The molecule has 80 heavy (non-hydrogen) atoms. The van der Waals surface area contributed by atoms with Crippen molar-refractivity contribution in [1.82, 2.24) is 0 Å². The second-order valence-electron chi connectivity index (χ2n) is 26.5. The highest BCUT2D eigenvalue weighted by Crippen LogP contribution is 2.71. The normalized spacial score (nSPS) is 39.8. The third-order valence-corrected chi connectivity index (χ3v) is 25.4. The highest BCUT2D eigenvalue weighted by molar-refractivity contribution is 7.92. The molecule has 0 radical (unpaired) electrons. The van der Waals surface area contributed by atoms with Crippen molar-refractivity contribution in [2.75, 3.05) is 7.11 Å². The number of hydrogen-bond acceptors (Lipinski definition) is 7. The zero-order valence-corrected chi connectivity index (χ0v) is 47.3. The van der Waals surface area contributed by atoms with Gasteiger partial charge in [0.15, 0.2) is 27.1 Å². The Kier molecular flexibility index (Phi) is 19.3. The summed E-state index contributed by atoms with van der Waals surface area (Å²) in [6.45, 7) is 12.2. The minimum absolute atomic E-state index is 0. The van der Waals surface area contributed by atoms with Gasteiger partial charge in [0, 0.05) is 20.0 Å². The van der Waals surface area contributed by atoms with Crippen LogP contribution in [0.3, 0.4) is 0 Å². The zero-order chi connectivity index (χ0) is 59.1. The minimum atomic E-state index is -4.95. The molecular weight excluding hydrogens is 1090 g/mol. The summed E-state index contributed by atoms with van der Waals surface area (Å²) in [4.78, 5) is -0.0707. The maximum Gasteiger partial charge on any atom is 0.417 e. The minimum Gasteiger partial charge on any atom is -0.400 e. The number of aliphatic hydroxyl groups is 5. The molecule has 7 nitrogen and oxygen atoms in total. The van der Waals surface area contributed by atoms with E-state index in [-0.39, 0.29) is 96.2 Å². The molecule has 0 amide bonds. The average molecular weight is 1180 g/mol. The van der Waals surface area contributed by atoms with Crippen molar-refractivity contribution in [2.45, 2.75) is 229 Å². The predicted octanol–water partition coefficient (Wildman–Crippen LogP) is 15.1. The van der Waals surface area contributed by atoms with E-state index >= 15 is 0 Å². The maximum absolute atomic E-state index is 13.8. The third kappa shape index (κ3) is 11.8. The molecule has 8 aliphatic rings. The van der Waals surface area contributed by atoms with Gasteiger partial charge >= 0.3 is 24.7 Å². The van der Waals surface area contributed by atoms with E-state index < -0.39 is 87.4 Å². The lowest BCUT2D eigenvalue weighted by Crippen LogP contribution is -2.56. The number of allylic oxidation sites excluding steroid dienone is 2. The summed E-state index contributed by atoms with van der Waals surface area (Å²) >= 11 is 0. The van der Waals surface area contributed by atoms with Gasteiger partial charge in [0.05, 0.1) is 10.1 Å². The molecule has 1 aromatic rings. The Labute approximate surface area is 465 Å². The van der Waals surface area contributed by atoms with E-state index in [1.165, 1.54) is 24.3 Å². The van der Waals surface area contributed by atoms with Crippen LogP contribution in [-0.2, 0) is 9.84 Å². The van der Waals surface area contributed by atoms with Crippen molar-refractivity contribution >= 4 is 9.84 Å². The smallest absolute Gasteiger partial charge is 0.400 e. The van der Waals surface area contributed by atoms with Gasteiger partial charge in [-0.3, -0.25) is 0 Å². The molecule has 0 heterocycles. The first kappa shape index (κ1) is 66.7. The number of halogens is 12. The molecule has 0 spiro atoms. The Hall–Kier alpha value is -2.39. The fourth-order valence-corrected chi connectivity index (χ4v) is 20.5. The molecule has 0 aromatic heterocycles. The second kappa shape index (κ2) is 23.1. The fourth-order valence-electron chi connectivity index (χ4n) is 18.5. The molecule has 20 heteroatoms. The molecule has 9 rings (SSSR count). The van der Waals surface area contributed by atoms with Crippen molar-refractivity contribution in [3.05, 3.63) is 53.6 Å². The summed E-state index contributed by atoms with van der Waals surface area (Å²) in [7, 11) is -3.21. The van der Waals surface area contributed by atoms with Crippen LogP contribution in [0.25, 0.3) is 0 Å². The van der Waals surface area contributed by atoms with Crippen LogP contribution in [0.4, 0.5) is 52.7 Å². The van der Waals surface area contributed by atoms with Crippen LogP contribution in [0.1, 0.15) is 171 Å². The standard InChI is InChI=1S/C32H42F6O4S.C26H38F6O2.CH4O.CH4/c1-19(26(17-27(39)31(33,34)35)43(41,42)21-7-5-4-6-8-21)23-11-12-24-22-10-9-20-18-30(40,32(36,37)38)16-15-28(20,2)25(22)13-14-29(23,24)3;1-15(4-9-21(33)25(27,28)29)18-7-8-19-17-6-5-16-14-24(34,26(30,31)32)13-12-22(16,2)20(17)10-11-23(18,19)3;1-2;/h4-9,19,22-27,39-40H,10-18H2,1-3H3;5,15,17-21,33-34H,4,6-14H2,1-3H3;2H,1H3;1H4/t19-,22-,23+,24-,25-,26?,27+,28-,29+,30-;15-,17+,18-,19+,20+,21-,22+,23-,24+;;/m01../s1. The number of alkyl halides is 12. The van der Waals surface area contributed by atoms with Crippen molar-refractivity contribution in [1.29, 1.82) is 0 Å². The Balaban J connectivity index is 0.000000253. The number of rotatable bonds is 10. The van der Waals surface area contributed by atoms with Gasteiger partial charge in [-0.2, -0.15) is 52.7 Å². The topological polar surface area (TPSA) is 135 Å². The molecule has 0 saturated heterocycles. The SMILES string of the molecule is C.CO.C[C@H](C(C[C@@H](O)C(F)(F)F)S(=O)(=O)c1ccccc1)[C@H]1CC[C@H]2[C@@H]3CC=C4C[C@](O)(C(F)(F)F)CC[C@]4(C)[C@H]3CC[C@]12C.C[C@H](CC[C@@H](O)C(F)(F)F)[C@H]1CC[C@H]2[C@@H]3CC=C4C[C@](O)(C(F)(F)F)CC[C@]4(C)[C@H]3CC[C@]12C. The number of aliphatic hydroxyl groups excluding tert-OH is 3. The largest absolute Gasteiger partial charge is 0.417 e. The van der Waals surface area contributed by atoms with E-state index in [2.05, 4.69) is 20.8 Å². The number of fused-ring (bicyclic) bond motifs is 10. The fraction of sp³-hybridized carbons (Fsp3) is 0.833. The van der Waals surface area contributed by atoms with E-state index in [0.717, 1.165) is 57.6 Å². The molecule has 0 aliphatic heterocycles. The maximum atomic E-state index is 13.8. The van der Waals surface area contributed by atoms with E-state index in [0.29, 0.717) is 55.4 Å². The molecule has 1 unspecified atom stereocenters. The summed E-state index contributed by atoms with van der Waals surface area (Å²) < 4.78 is 188. The van der Waals surface area contributed by atoms with Crippen LogP contribution >= 0.6 is 0 Å². The molecule has 19 atom stereocenters. The van der Waals surface area contributed by atoms with Crippen LogP contribution in [-0.4, -0.2) is 94.4 Å². The van der Waals surface area contributed by atoms with Crippen molar-refractivity contribution in [3.63, 3.8) is 0 Å². The first-order chi connectivity index (χ1) is 36.3. The summed E-state index contributed by atoms with van der Waals surface area (Å²) in [5, 5.41) is 45.8. The molecule has 6 fully saturated rings. The first-order valence-electron chi connectivity index (χ1n) is 28.5. The lowest BCUT2D eigenvalue weighted by molar-refractivity contribution is -0.271. The van der Waals surface area contributed by atoms with Gasteiger partial charge in [-0.25, -0.2) is 8.42 Å². The van der Waals surface area contributed by atoms with Crippen LogP contribution in [0.15, 0.2) is 58.5 Å². The quantitative estimate of drug-likeness (QED) is 0.116. The Morgan fingerprint density at radius 3 is 1.39 bits per heavy atom. The van der Waals surface area contributed by atoms with E-state index in [4.69, 9.17) is 5.11 Å². The highest BCUT2D eigenvalue weighted by atomic mass is 32.2. The van der Waals surface area contributed by atoms with Gasteiger partial charge in [-0.05, 0) is 202 Å². The van der Waals surface area contributed by atoms with Gasteiger partial charge in [-0.1, -0.05) is 90.5 Å². The van der Waals surface area contributed by atoms with Gasteiger partial charge in [-0.15, -0.1) is 0 Å². The van der Waals surface area contributed by atoms with Crippen LogP contribution in [0.2, 0.25) is 0 Å². The lowest BCUT2D eigenvalue weighted by Gasteiger charge is -2.59. The summed E-state index contributed by atoms with van der Waals surface area (Å²) in [6, 6.07) is 7.42. The molecule has 1 aromatic carbocycles. The van der Waals surface area contributed by atoms with Gasteiger partial charge in [0.1, 0.15) is 6.10 Å². The summed E-state index contributed by atoms with van der Waals surface area (Å²) in [5.41, 5.74) is -5.09. The monoisotopic (exact) mass is 1180 g/mol. The van der Waals surface area contributed by atoms with E-state index in [1.54, 1.807) is 13.0 Å². The lowest BCUT2D eigenvalue weighted by atomic mass is 9.46. The Morgan fingerprint density at radius 1 is 0.562 bits per heavy atom. The molecular formula is C60H88F12O7S. The Morgan fingerprint density at radius 2 is 0.975 bits per heavy atom. The van der Waals surface area contributed by atoms with Crippen molar-refractivity contribution < 1.29 is 86.6 Å². The average Bonchev–Trinajstić information content (AvgIpc) is 3.91. The summed E-state index contributed by atoms with van der Waals surface area (Å²) in [5.74, 6) is 0.961. The Bertz CT molecular complexity index is 2460. The number of hydrogen-bond donors (Lipinski definition) is 5. The zero-order valence-electron chi connectivity index (χ0n) is 46.5. The predicted molar refractivity (Wildman–Crippen MR) is 281 cm³/mol. The highest BCUT2D eigenvalue weighted by Gasteiger charge is 2.66.